The first-order chi connectivity index (χ1) is 9.97. The van der Waals surface area contributed by atoms with Gasteiger partial charge < -0.3 is 20.1 Å². The number of carbonyl (C=O) groups is 1. The molecule has 0 aromatic heterocycles. The highest BCUT2D eigenvalue weighted by atomic mass is 19.3. The molecule has 1 amide bonds. The lowest BCUT2D eigenvalue weighted by Crippen LogP contribution is -2.38. The first kappa shape index (κ1) is 17.2. The summed E-state index contributed by atoms with van der Waals surface area (Å²) in [7, 11) is 1.32. The summed E-state index contributed by atoms with van der Waals surface area (Å²) in [6, 6.07) is 4.20. The lowest BCUT2D eigenvalue weighted by atomic mass is 10.2. The Kier molecular flexibility index (Phi) is 6.87. The first-order valence-corrected chi connectivity index (χ1v) is 6.62. The number of methoxy groups -OCH3 is 1. The van der Waals surface area contributed by atoms with Crippen LogP contribution < -0.4 is 20.1 Å². The molecule has 0 saturated carbocycles. The zero-order valence-corrected chi connectivity index (χ0v) is 12.3. The van der Waals surface area contributed by atoms with Crippen molar-refractivity contribution in [2.45, 2.75) is 26.5 Å². The summed E-state index contributed by atoms with van der Waals surface area (Å²) in [6.07, 6.45) is 0. The molecule has 0 bridgehead atoms. The van der Waals surface area contributed by atoms with Gasteiger partial charge in [0.25, 0.3) is 5.91 Å². The fourth-order valence-corrected chi connectivity index (χ4v) is 1.77. The Balaban J connectivity index is 2.72. The molecule has 0 spiro atoms. The van der Waals surface area contributed by atoms with E-state index in [2.05, 4.69) is 15.4 Å². The molecule has 2 N–H and O–H groups in total. The summed E-state index contributed by atoms with van der Waals surface area (Å²) >= 11 is 0. The van der Waals surface area contributed by atoms with E-state index in [0.717, 1.165) is 6.54 Å². The van der Waals surface area contributed by atoms with Crippen LogP contribution in [0.4, 0.5) is 8.78 Å². The number of likely N-dealkylation sites (N-methyl/N-ethyl adjacent to an activating group) is 1. The Morgan fingerprint density at radius 1 is 1.33 bits per heavy atom. The van der Waals surface area contributed by atoms with Crippen LogP contribution in [0.2, 0.25) is 0 Å². The van der Waals surface area contributed by atoms with E-state index in [1.807, 2.05) is 13.8 Å². The van der Waals surface area contributed by atoms with Gasteiger partial charge in [0.15, 0.2) is 11.5 Å². The predicted molar refractivity (Wildman–Crippen MR) is 75.1 cm³/mol. The number of nitrogens with one attached hydrogen (secondary N) is 2. The molecule has 0 radical (unpaired) electrons. The standard InChI is InChI=1S/C14H20F2N2O3/c1-4-17-9(2)8-18-13(19)10-5-6-11(21-14(15)16)12(7-10)20-3/h5-7,9,14,17H,4,8H2,1-3H3,(H,18,19)/t9-/m1/s1. The molecule has 118 valence electrons. The minimum atomic E-state index is -2.94. The molecule has 0 fully saturated rings. The van der Waals surface area contributed by atoms with Gasteiger partial charge in [0.1, 0.15) is 0 Å². The smallest absolute Gasteiger partial charge is 0.387 e. The first-order valence-electron chi connectivity index (χ1n) is 6.62. The topological polar surface area (TPSA) is 59.6 Å². The second-order valence-corrected chi connectivity index (χ2v) is 4.41. The van der Waals surface area contributed by atoms with Crippen molar-refractivity contribution in [3.63, 3.8) is 0 Å². The van der Waals surface area contributed by atoms with Crippen molar-refractivity contribution in [3.8, 4) is 11.5 Å². The van der Waals surface area contributed by atoms with Crippen LogP contribution in [-0.2, 0) is 0 Å². The fourth-order valence-electron chi connectivity index (χ4n) is 1.77. The third-order valence-corrected chi connectivity index (χ3v) is 2.76. The highest BCUT2D eigenvalue weighted by molar-refractivity contribution is 5.94. The molecule has 0 unspecified atom stereocenters. The summed E-state index contributed by atoms with van der Waals surface area (Å²) in [6.45, 7) is 2.25. The SMILES string of the molecule is CCN[C@H](C)CNC(=O)c1ccc(OC(F)F)c(OC)c1. The molecule has 21 heavy (non-hydrogen) atoms. The molecule has 1 atom stereocenters. The van der Waals surface area contributed by atoms with Gasteiger partial charge in [0.2, 0.25) is 0 Å². The third-order valence-electron chi connectivity index (χ3n) is 2.76. The largest absolute Gasteiger partial charge is 0.493 e. The molecule has 1 aromatic rings. The highest BCUT2D eigenvalue weighted by Crippen LogP contribution is 2.29. The van der Waals surface area contributed by atoms with Crippen LogP contribution in [0.3, 0.4) is 0 Å². The van der Waals surface area contributed by atoms with Crippen LogP contribution in [0.5, 0.6) is 11.5 Å². The molecular formula is C14H20F2N2O3. The van der Waals surface area contributed by atoms with E-state index >= 15 is 0 Å². The Morgan fingerprint density at radius 2 is 2.05 bits per heavy atom. The number of alkyl halides is 2. The Morgan fingerprint density at radius 3 is 2.62 bits per heavy atom. The van der Waals surface area contributed by atoms with Crippen molar-refractivity contribution >= 4 is 5.91 Å². The second kappa shape index (κ2) is 8.41. The van der Waals surface area contributed by atoms with Gasteiger partial charge in [-0.3, -0.25) is 4.79 Å². The fraction of sp³-hybridized carbons (Fsp3) is 0.500. The van der Waals surface area contributed by atoms with E-state index < -0.39 is 6.61 Å². The number of rotatable bonds is 8. The normalized spacial score (nSPS) is 12.1. The van der Waals surface area contributed by atoms with Gasteiger partial charge in [-0.2, -0.15) is 8.78 Å². The molecule has 0 aliphatic carbocycles. The van der Waals surface area contributed by atoms with Crippen LogP contribution in [0.15, 0.2) is 18.2 Å². The molecular weight excluding hydrogens is 282 g/mol. The van der Waals surface area contributed by atoms with Crippen LogP contribution in [0.1, 0.15) is 24.2 Å². The summed E-state index contributed by atoms with van der Waals surface area (Å²) in [5.41, 5.74) is 0.317. The van der Waals surface area contributed by atoms with E-state index in [-0.39, 0.29) is 23.4 Å². The van der Waals surface area contributed by atoms with E-state index in [4.69, 9.17) is 4.74 Å². The number of hydrogen-bond donors (Lipinski definition) is 2. The number of carbonyl (C=O) groups excluding carboxylic acids is 1. The van der Waals surface area contributed by atoms with E-state index in [9.17, 15) is 13.6 Å². The Hall–Kier alpha value is -1.89. The average molecular weight is 302 g/mol. The minimum Gasteiger partial charge on any atom is -0.493 e. The zero-order valence-electron chi connectivity index (χ0n) is 12.3. The Labute approximate surface area is 122 Å². The van der Waals surface area contributed by atoms with Gasteiger partial charge in [-0.05, 0) is 31.7 Å². The van der Waals surface area contributed by atoms with Crippen LogP contribution in [0.25, 0.3) is 0 Å². The van der Waals surface area contributed by atoms with Gasteiger partial charge in [-0.25, -0.2) is 0 Å². The molecule has 7 heteroatoms. The highest BCUT2D eigenvalue weighted by Gasteiger charge is 2.14. The van der Waals surface area contributed by atoms with Crippen molar-refractivity contribution in [3.05, 3.63) is 23.8 Å². The molecule has 0 aliphatic rings. The predicted octanol–water partition coefficient (Wildman–Crippen LogP) is 2.02. The third kappa shape index (κ3) is 5.55. The lowest BCUT2D eigenvalue weighted by Gasteiger charge is -2.14. The van der Waals surface area contributed by atoms with Crippen molar-refractivity contribution in [2.24, 2.45) is 0 Å². The van der Waals surface area contributed by atoms with Crippen LogP contribution >= 0.6 is 0 Å². The summed E-state index contributed by atoms with van der Waals surface area (Å²) in [5.74, 6) is -0.325. The summed E-state index contributed by atoms with van der Waals surface area (Å²) < 4.78 is 33.7. The van der Waals surface area contributed by atoms with E-state index in [1.165, 1.54) is 25.3 Å². The molecule has 1 rings (SSSR count). The quantitative estimate of drug-likeness (QED) is 0.771. The summed E-state index contributed by atoms with van der Waals surface area (Å²) in [5, 5.41) is 5.91. The number of amides is 1. The van der Waals surface area contributed by atoms with Gasteiger partial charge in [0.05, 0.1) is 7.11 Å². The second-order valence-electron chi connectivity index (χ2n) is 4.41. The zero-order chi connectivity index (χ0) is 15.8. The summed E-state index contributed by atoms with van der Waals surface area (Å²) in [4.78, 5) is 12.0. The van der Waals surface area contributed by atoms with Gasteiger partial charge in [0, 0.05) is 18.2 Å². The molecule has 0 aliphatic heterocycles. The van der Waals surface area contributed by atoms with Crippen molar-refractivity contribution in [2.75, 3.05) is 20.2 Å². The van der Waals surface area contributed by atoms with Crippen molar-refractivity contribution in [1.29, 1.82) is 0 Å². The molecule has 0 saturated heterocycles. The number of hydrogen-bond acceptors (Lipinski definition) is 4. The Bertz CT molecular complexity index is 470. The lowest BCUT2D eigenvalue weighted by molar-refractivity contribution is -0.0512. The van der Waals surface area contributed by atoms with Crippen LogP contribution in [0, 0.1) is 0 Å². The van der Waals surface area contributed by atoms with E-state index in [0.29, 0.717) is 12.1 Å². The van der Waals surface area contributed by atoms with Gasteiger partial charge in [-0.1, -0.05) is 6.92 Å². The molecule has 1 aromatic carbocycles. The van der Waals surface area contributed by atoms with Gasteiger partial charge >= 0.3 is 6.61 Å². The average Bonchev–Trinajstić information content (AvgIpc) is 2.45. The van der Waals surface area contributed by atoms with Gasteiger partial charge in [-0.15, -0.1) is 0 Å². The number of halogens is 2. The molecule has 5 nitrogen and oxygen atoms in total. The monoisotopic (exact) mass is 302 g/mol. The number of benzene rings is 1. The van der Waals surface area contributed by atoms with E-state index in [1.54, 1.807) is 0 Å². The maximum absolute atomic E-state index is 12.2. The van der Waals surface area contributed by atoms with Crippen molar-refractivity contribution in [1.82, 2.24) is 10.6 Å². The maximum Gasteiger partial charge on any atom is 0.387 e. The van der Waals surface area contributed by atoms with Crippen molar-refractivity contribution < 1.29 is 23.0 Å². The number of ether oxygens (including phenoxy) is 2. The molecule has 0 heterocycles. The minimum absolute atomic E-state index is 0.0858. The van der Waals surface area contributed by atoms with Crippen LogP contribution in [-0.4, -0.2) is 38.8 Å². The maximum atomic E-state index is 12.2.